The number of benzene rings is 1. The second-order valence-electron chi connectivity index (χ2n) is 4.43. The Hall–Kier alpha value is -2.05. The standard InChI is InChI=1S/C14H16N2O4.ClH/c1-20-16-8-11(14(18)19)13(17)10-7-9(3-2-6-15)4-5-12(10)16;/h4-5,7-8H,2-3,6,15H2,1H3,(H,18,19);1H. The van der Waals surface area contributed by atoms with Crippen molar-refractivity contribution in [3.63, 3.8) is 0 Å². The van der Waals surface area contributed by atoms with Crippen molar-refractivity contribution in [3.8, 4) is 0 Å². The summed E-state index contributed by atoms with van der Waals surface area (Å²) in [7, 11) is 1.41. The normalized spacial score (nSPS) is 10.2. The van der Waals surface area contributed by atoms with Crippen molar-refractivity contribution < 1.29 is 14.7 Å². The first-order valence-electron chi connectivity index (χ1n) is 6.24. The zero-order valence-corrected chi connectivity index (χ0v) is 12.4. The second-order valence-corrected chi connectivity index (χ2v) is 4.43. The number of halogens is 1. The Morgan fingerprint density at radius 3 is 2.71 bits per heavy atom. The summed E-state index contributed by atoms with van der Waals surface area (Å²) in [4.78, 5) is 28.4. The molecule has 0 bridgehead atoms. The summed E-state index contributed by atoms with van der Waals surface area (Å²) in [6, 6.07) is 5.33. The molecular formula is C14H17ClN2O4. The number of aromatic nitrogens is 1. The average Bonchev–Trinajstić information content (AvgIpc) is 2.45. The molecule has 7 heteroatoms. The van der Waals surface area contributed by atoms with Crippen molar-refractivity contribution in [1.29, 1.82) is 0 Å². The molecule has 0 atom stereocenters. The third-order valence-electron chi connectivity index (χ3n) is 3.13. The summed E-state index contributed by atoms with van der Waals surface area (Å²) in [5.41, 5.74) is 6.14. The van der Waals surface area contributed by atoms with Crippen LogP contribution in [0.5, 0.6) is 0 Å². The van der Waals surface area contributed by atoms with Gasteiger partial charge in [0.2, 0.25) is 5.43 Å². The van der Waals surface area contributed by atoms with Gasteiger partial charge in [-0.2, -0.15) is 4.73 Å². The van der Waals surface area contributed by atoms with Crippen LogP contribution in [-0.4, -0.2) is 29.5 Å². The fourth-order valence-electron chi connectivity index (χ4n) is 2.11. The summed E-state index contributed by atoms with van der Waals surface area (Å²) in [5, 5.41) is 9.40. The van der Waals surface area contributed by atoms with E-state index < -0.39 is 11.4 Å². The second kappa shape index (κ2) is 7.10. The summed E-state index contributed by atoms with van der Waals surface area (Å²) in [5.74, 6) is -1.27. The van der Waals surface area contributed by atoms with Crippen LogP contribution in [0.15, 0.2) is 29.2 Å². The van der Waals surface area contributed by atoms with Crippen LogP contribution in [0, 0.1) is 0 Å². The number of hydrogen-bond donors (Lipinski definition) is 2. The molecular weight excluding hydrogens is 296 g/mol. The molecule has 2 aromatic rings. The van der Waals surface area contributed by atoms with E-state index in [2.05, 4.69) is 0 Å². The van der Waals surface area contributed by atoms with E-state index in [1.807, 2.05) is 6.07 Å². The molecule has 1 aromatic heterocycles. The Balaban J connectivity index is 0.00000220. The summed E-state index contributed by atoms with van der Waals surface area (Å²) in [6.45, 7) is 0.565. The Labute approximate surface area is 127 Å². The van der Waals surface area contributed by atoms with Gasteiger partial charge in [-0.3, -0.25) is 4.79 Å². The third-order valence-corrected chi connectivity index (χ3v) is 3.13. The van der Waals surface area contributed by atoms with Gasteiger partial charge in [0.15, 0.2) is 0 Å². The van der Waals surface area contributed by atoms with E-state index >= 15 is 0 Å². The number of aryl methyl sites for hydroxylation is 1. The van der Waals surface area contributed by atoms with E-state index in [-0.39, 0.29) is 18.0 Å². The number of fused-ring (bicyclic) bond motifs is 1. The summed E-state index contributed by atoms with van der Waals surface area (Å²) < 4.78 is 1.28. The lowest BCUT2D eigenvalue weighted by Gasteiger charge is -2.11. The predicted molar refractivity (Wildman–Crippen MR) is 82.3 cm³/mol. The molecule has 0 aliphatic heterocycles. The van der Waals surface area contributed by atoms with Crippen LogP contribution >= 0.6 is 12.4 Å². The SMILES string of the molecule is COn1cc(C(=O)O)c(=O)c2cc(CCCN)ccc21.Cl. The first-order valence-corrected chi connectivity index (χ1v) is 6.24. The number of rotatable bonds is 5. The maximum atomic E-state index is 12.2. The van der Waals surface area contributed by atoms with Gasteiger partial charge in [-0.1, -0.05) is 6.07 Å². The molecule has 114 valence electrons. The molecule has 6 nitrogen and oxygen atoms in total. The molecule has 3 N–H and O–H groups in total. The van der Waals surface area contributed by atoms with Gasteiger partial charge in [0.05, 0.1) is 17.1 Å². The maximum Gasteiger partial charge on any atom is 0.341 e. The topological polar surface area (TPSA) is 94.5 Å². The molecule has 0 aliphatic carbocycles. The van der Waals surface area contributed by atoms with Gasteiger partial charge in [-0.05, 0) is 37.1 Å². The molecule has 0 aliphatic rings. The molecule has 0 unspecified atom stereocenters. The highest BCUT2D eigenvalue weighted by Gasteiger charge is 2.15. The minimum atomic E-state index is -1.27. The highest BCUT2D eigenvalue weighted by atomic mass is 35.5. The predicted octanol–water partition coefficient (Wildman–Crippen LogP) is 1.07. The summed E-state index contributed by atoms with van der Waals surface area (Å²) >= 11 is 0. The van der Waals surface area contributed by atoms with Crippen molar-refractivity contribution in [2.75, 3.05) is 13.7 Å². The fourth-order valence-corrected chi connectivity index (χ4v) is 2.11. The van der Waals surface area contributed by atoms with Gasteiger partial charge in [-0.15, -0.1) is 12.4 Å². The molecule has 0 saturated carbocycles. The van der Waals surface area contributed by atoms with E-state index in [1.54, 1.807) is 12.1 Å². The molecule has 21 heavy (non-hydrogen) atoms. The number of carbonyl (C=O) groups is 1. The average molecular weight is 313 g/mol. The van der Waals surface area contributed by atoms with E-state index in [1.165, 1.54) is 18.0 Å². The fraction of sp³-hybridized carbons (Fsp3) is 0.286. The van der Waals surface area contributed by atoms with Gasteiger partial charge in [0.1, 0.15) is 12.7 Å². The Kier molecular flexibility index (Phi) is 5.75. The Morgan fingerprint density at radius 2 is 2.14 bits per heavy atom. The van der Waals surface area contributed by atoms with Gasteiger partial charge in [0, 0.05) is 0 Å². The molecule has 0 saturated heterocycles. The lowest BCUT2D eigenvalue weighted by Crippen LogP contribution is -2.21. The molecule has 0 fully saturated rings. The van der Waals surface area contributed by atoms with Gasteiger partial charge in [-0.25, -0.2) is 4.79 Å². The van der Waals surface area contributed by atoms with E-state index in [9.17, 15) is 9.59 Å². The van der Waals surface area contributed by atoms with E-state index in [4.69, 9.17) is 15.7 Å². The van der Waals surface area contributed by atoms with Crippen molar-refractivity contribution >= 4 is 29.3 Å². The van der Waals surface area contributed by atoms with Crippen LogP contribution < -0.4 is 16.0 Å². The highest BCUT2D eigenvalue weighted by molar-refractivity contribution is 5.92. The Morgan fingerprint density at radius 1 is 1.43 bits per heavy atom. The zero-order valence-electron chi connectivity index (χ0n) is 11.5. The maximum absolute atomic E-state index is 12.2. The van der Waals surface area contributed by atoms with Gasteiger partial charge >= 0.3 is 5.97 Å². The number of pyridine rings is 1. The van der Waals surface area contributed by atoms with Crippen molar-refractivity contribution in [2.45, 2.75) is 12.8 Å². The first-order chi connectivity index (χ1) is 9.58. The molecule has 0 radical (unpaired) electrons. The van der Waals surface area contributed by atoms with Crippen LogP contribution in [0.2, 0.25) is 0 Å². The minimum absolute atomic E-state index is 0. The van der Waals surface area contributed by atoms with Crippen molar-refractivity contribution in [2.24, 2.45) is 5.73 Å². The van der Waals surface area contributed by atoms with E-state index in [0.29, 0.717) is 17.4 Å². The number of nitrogens with two attached hydrogens (primary N) is 1. The van der Waals surface area contributed by atoms with Gasteiger partial charge in [0.25, 0.3) is 0 Å². The molecule has 2 rings (SSSR count). The van der Waals surface area contributed by atoms with Crippen LogP contribution in [0.3, 0.4) is 0 Å². The van der Waals surface area contributed by atoms with Crippen LogP contribution in [0.4, 0.5) is 0 Å². The van der Waals surface area contributed by atoms with Crippen molar-refractivity contribution in [1.82, 2.24) is 4.73 Å². The quantitative estimate of drug-likeness (QED) is 0.861. The number of aromatic carboxylic acids is 1. The van der Waals surface area contributed by atoms with Crippen LogP contribution in [0.1, 0.15) is 22.3 Å². The highest BCUT2D eigenvalue weighted by Crippen LogP contribution is 2.15. The zero-order chi connectivity index (χ0) is 14.7. The van der Waals surface area contributed by atoms with Crippen molar-refractivity contribution in [3.05, 3.63) is 45.7 Å². The van der Waals surface area contributed by atoms with Crippen LogP contribution in [-0.2, 0) is 6.42 Å². The van der Waals surface area contributed by atoms with E-state index in [0.717, 1.165) is 18.4 Å². The Bertz CT molecular complexity index is 712. The summed E-state index contributed by atoms with van der Waals surface area (Å²) in [6.07, 6.45) is 2.74. The molecule has 0 spiro atoms. The number of carboxylic acid groups (broad SMARTS) is 1. The number of hydrogen-bond acceptors (Lipinski definition) is 4. The largest absolute Gasteiger partial charge is 0.477 e. The monoisotopic (exact) mass is 312 g/mol. The van der Waals surface area contributed by atoms with Gasteiger partial charge < -0.3 is 15.7 Å². The number of nitrogens with zero attached hydrogens (tertiary/aromatic N) is 1. The molecule has 0 amide bonds. The minimum Gasteiger partial charge on any atom is -0.477 e. The lowest BCUT2D eigenvalue weighted by molar-refractivity contribution is 0.0691. The number of carboxylic acids is 1. The smallest absolute Gasteiger partial charge is 0.341 e. The molecule has 1 aromatic carbocycles. The lowest BCUT2D eigenvalue weighted by atomic mass is 10.0. The van der Waals surface area contributed by atoms with Crippen LogP contribution in [0.25, 0.3) is 10.9 Å². The first kappa shape index (κ1) is 17.0. The third kappa shape index (κ3) is 3.34. The molecule has 1 heterocycles.